The van der Waals surface area contributed by atoms with Crippen molar-refractivity contribution < 1.29 is 9.18 Å². The fraction of sp³-hybridized carbons (Fsp3) is 0.375. The Morgan fingerprint density at radius 3 is 2.97 bits per heavy atom. The van der Waals surface area contributed by atoms with Crippen molar-refractivity contribution in [3.8, 4) is 11.1 Å². The first kappa shape index (κ1) is 19.7. The number of H-pyrrole nitrogens is 1. The molecule has 3 aromatic rings. The van der Waals surface area contributed by atoms with E-state index < -0.39 is 0 Å². The summed E-state index contributed by atoms with van der Waals surface area (Å²) in [5, 5.41) is 7.92. The fourth-order valence-corrected chi connectivity index (χ4v) is 4.91. The third-order valence-electron chi connectivity index (χ3n) is 6.40. The fourth-order valence-electron chi connectivity index (χ4n) is 4.91. The highest BCUT2D eigenvalue weighted by Gasteiger charge is 2.42. The van der Waals surface area contributed by atoms with Gasteiger partial charge in [-0.3, -0.25) is 9.89 Å². The molecule has 0 aromatic carbocycles. The number of fused-ring (bicyclic) bond motifs is 1. The largest absolute Gasteiger partial charge is 0.333 e. The molecule has 1 aliphatic carbocycles. The molecule has 0 spiro atoms. The lowest BCUT2D eigenvalue weighted by Crippen LogP contribution is -2.43. The van der Waals surface area contributed by atoms with Gasteiger partial charge in [-0.05, 0) is 50.8 Å². The second kappa shape index (κ2) is 7.48. The van der Waals surface area contributed by atoms with Gasteiger partial charge in [0.2, 0.25) is 0 Å². The molecular formula is C24H26FN5O. The van der Waals surface area contributed by atoms with Crippen molar-refractivity contribution >= 4 is 16.9 Å². The van der Waals surface area contributed by atoms with E-state index in [0.29, 0.717) is 30.9 Å². The molecule has 7 heteroatoms. The number of aromatic amines is 1. The van der Waals surface area contributed by atoms with Crippen molar-refractivity contribution in [1.29, 1.82) is 0 Å². The van der Waals surface area contributed by atoms with E-state index in [1.165, 1.54) is 6.08 Å². The van der Waals surface area contributed by atoms with Gasteiger partial charge in [-0.15, -0.1) is 0 Å². The van der Waals surface area contributed by atoms with Gasteiger partial charge in [0.15, 0.2) is 0 Å². The highest BCUT2D eigenvalue weighted by Crippen LogP contribution is 2.36. The minimum Gasteiger partial charge on any atom is -0.333 e. The summed E-state index contributed by atoms with van der Waals surface area (Å²) in [5.41, 5.74) is 3.19. The summed E-state index contributed by atoms with van der Waals surface area (Å²) in [6.07, 6.45) is 12.7. The van der Waals surface area contributed by atoms with Crippen molar-refractivity contribution in [2.45, 2.75) is 45.2 Å². The average molecular weight is 420 g/mol. The van der Waals surface area contributed by atoms with Crippen LogP contribution in [-0.2, 0) is 11.3 Å². The van der Waals surface area contributed by atoms with Crippen LogP contribution in [-0.4, -0.2) is 42.6 Å². The molecule has 1 atom stereocenters. The van der Waals surface area contributed by atoms with E-state index in [-0.39, 0.29) is 17.3 Å². The monoisotopic (exact) mass is 419 g/mol. The van der Waals surface area contributed by atoms with Gasteiger partial charge in [-0.25, -0.2) is 9.37 Å². The first-order valence-electron chi connectivity index (χ1n) is 10.7. The molecule has 2 aliphatic rings. The molecule has 160 valence electrons. The summed E-state index contributed by atoms with van der Waals surface area (Å²) < 4.78 is 15.9. The summed E-state index contributed by atoms with van der Waals surface area (Å²) in [6.45, 7) is 5.64. The lowest BCUT2D eigenvalue weighted by atomic mass is 9.95. The van der Waals surface area contributed by atoms with Crippen molar-refractivity contribution in [2.24, 2.45) is 5.92 Å². The number of nitrogens with one attached hydrogen (secondary N) is 1. The number of carbonyl (C=O) groups excluding carboxylic acids is 1. The molecule has 0 bridgehead atoms. The van der Waals surface area contributed by atoms with Gasteiger partial charge < -0.3 is 9.47 Å². The third-order valence-corrected chi connectivity index (χ3v) is 6.40. The Bertz CT molecular complexity index is 1190. The molecule has 4 heterocycles. The lowest BCUT2D eigenvalue weighted by Gasteiger charge is -2.32. The Kier molecular flexibility index (Phi) is 4.76. The quantitative estimate of drug-likeness (QED) is 0.671. The number of likely N-dealkylation sites (tertiary alicyclic amines) is 1. The molecule has 1 N–H and O–H groups in total. The molecule has 0 radical (unpaired) electrons. The normalized spacial score (nSPS) is 20.7. The van der Waals surface area contributed by atoms with Gasteiger partial charge in [-0.2, -0.15) is 5.10 Å². The summed E-state index contributed by atoms with van der Waals surface area (Å²) >= 11 is 0. The number of amides is 1. The smallest absolute Gasteiger partial charge is 0.254 e. The Morgan fingerprint density at radius 2 is 2.19 bits per heavy atom. The number of halogens is 1. The van der Waals surface area contributed by atoms with E-state index in [4.69, 9.17) is 4.98 Å². The van der Waals surface area contributed by atoms with Crippen molar-refractivity contribution in [1.82, 2.24) is 24.6 Å². The van der Waals surface area contributed by atoms with Crippen molar-refractivity contribution in [3.05, 3.63) is 60.5 Å². The topological polar surface area (TPSA) is 66.8 Å². The van der Waals surface area contributed by atoms with Gasteiger partial charge in [0.25, 0.3) is 5.91 Å². The number of rotatable bonds is 4. The minimum absolute atomic E-state index is 0.0670. The maximum Gasteiger partial charge on any atom is 0.254 e. The number of hydrogen-bond acceptors (Lipinski definition) is 3. The molecule has 0 saturated carbocycles. The highest BCUT2D eigenvalue weighted by molar-refractivity contribution is 5.97. The highest BCUT2D eigenvalue weighted by atomic mass is 19.1. The molecule has 3 aromatic heterocycles. The summed E-state index contributed by atoms with van der Waals surface area (Å²) in [5.74, 6) is 0.0320. The maximum atomic E-state index is 13.7. The second-order valence-corrected chi connectivity index (χ2v) is 9.18. The Morgan fingerprint density at radius 1 is 1.32 bits per heavy atom. The first-order valence-corrected chi connectivity index (χ1v) is 10.7. The molecule has 1 unspecified atom stereocenters. The predicted octanol–water partition coefficient (Wildman–Crippen LogP) is 4.63. The molecule has 31 heavy (non-hydrogen) atoms. The zero-order valence-corrected chi connectivity index (χ0v) is 17.8. The van der Waals surface area contributed by atoms with Gasteiger partial charge in [0.1, 0.15) is 11.5 Å². The second-order valence-electron chi connectivity index (χ2n) is 9.18. The van der Waals surface area contributed by atoms with Crippen LogP contribution in [0.15, 0.2) is 60.5 Å². The molecule has 1 fully saturated rings. The summed E-state index contributed by atoms with van der Waals surface area (Å²) in [4.78, 5) is 19.7. The minimum atomic E-state index is -0.269. The van der Waals surface area contributed by atoms with E-state index in [1.54, 1.807) is 6.20 Å². The van der Waals surface area contributed by atoms with E-state index in [2.05, 4.69) is 46.9 Å². The Balaban J connectivity index is 1.34. The predicted molar refractivity (Wildman–Crippen MR) is 118 cm³/mol. The standard InChI is InChI=1S/C24H26FN5O/c1-24(2)10-16(15-30(24)23(31)18-4-3-5-21(25)9-18)14-29-7-6-17-8-19(11-26-22(17)29)20-12-27-28-13-20/h4,6-9,11-13,16H,3,5,10,14-15H2,1-2H3,(H,27,28). The van der Waals surface area contributed by atoms with Gasteiger partial charge in [0.05, 0.1) is 6.20 Å². The molecular weight excluding hydrogens is 393 g/mol. The van der Waals surface area contributed by atoms with Crippen molar-refractivity contribution in [2.75, 3.05) is 6.54 Å². The summed E-state index contributed by atoms with van der Waals surface area (Å²) in [7, 11) is 0. The van der Waals surface area contributed by atoms with Crippen LogP contribution in [0, 0.1) is 5.92 Å². The number of allylic oxidation sites excluding steroid dienone is 2. The first-order chi connectivity index (χ1) is 14.9. The van der Waals surface area contributed by atoms with Crippen molar-refractivity contribution in [3.63, 3.8) is 0 Å². The van der Waals surface area contributed by atoms with Crippen LogP contribution in [0.4, 0.5) is 4.39 Å². The SMILES string of the molecule is CC1(C)CC(Cn2ccc3cc(-c4cn[nH]c4)cnc32)CN1C(=O)C1=CCCC(F)=C1. The van der Waals surface area contributed by atoms with Crippen LogP contribution in [0.1, 0.15) is 33.1 Å². The van der Waals surface area contributed by atoms with Crippen LogP contribution >= 0.6 is 0 Å². The van der Waals surface area contributed by atoms with Crippen LogP contribution in [0.3, 0.4) is 0 Å². The number of pyridine rings is 1. The molecule has 1 saturated heterocycles. The Hall–Kier alpha value is -3.22. The third kappa shape index (κ3) is 3.69. The van der Waals surface area contributed by atoms with Crippen LogP contribution in [0.5, 0.6) is 0 Å². The van der Waals surface area contributed by atoms with E-state index >= 15 is 0 Å². The van der Waals surface area contributed by atoms with E-state index in [1.807, 2.05) is 23.4 Å². The molecule has 5 rings (SSSR count). The van der Waals surface area contributed by atoms with Crippen LogP contribution < -0.4 is 0 Å². The number of aromatic nitrogens is 4. The maximum absolute atomic E-state index is 13.7. The van der Waals surface area contributed by atoms with E-state index in [0.717, 1.165) is 35.1 Å². The number of nitrogens with zero attached hydrogens (tertiary/aromatic N) is 4. The zero-order valence-electron chi connectivity index (χ0n) is 17.8. The number of hydrogen-bond donors (Lipinski definition) is 1. The van der Waals surface area contributed by atoms with Gasteiger partial charge in [0, 0.05) is 65.7 Å². The van der Waals surface area contributed by atoms with Crippen LogP contribution in [0.25, 0.3) is 22.2 Å². The number of carbonyl (C=O) groups is 1. The lowest BCUT2D eigenvalue weighted by molar-refractivity contribution is -0.129. The molecule has 1 aliphatic heterocycles. The Labute approximate surface area is 180 Å². The van der Waals surface area contributed by atoms with Gasteiger partial charge in [-0.1, -0.05) is 6.08 Å². The molecule has 6 nitrogen and oxygen atoms in total. The molecule has 1 amide bonds. The van der Waals surface area contributed by atoms with Crippen LogP contribution in [0.2, 0.25) is 0 Å². The summed E-state index contributed by atoms with van der Waals surface area (Å²) in [6, 6.07) is 4.20. The zero-order chi connectivity index (χ0) is 21.6. The van der Waals surface area contributed by atoms with Gasteiger partial charge >= 0.3 is 0 Å². The van der Waals surface area contributed by atoms with E-state index in [9.17, 15) is 9.18 Å². The average Bonchev–Trinajstić information content (AvgIpc) is 3.47.